The van der Waals surface area contributed by atoms with Crippen molar-refractivity contribution in [3.8, 4) is 5.69 Å². The number of aliphatic hydroxyl groups is 1. The van der Waals surface area contributed by atoms with Crippen molar-refractivity contribution in [1.82, 2.24) is 15.1 Å². The Morgan fingerprint density at radius 2 is 1.90 bits per heavy atom. The van der Waals surface area contributed by atoms with E-state index >= 15 is 0 Å². The summed E-state index contributed by atoms with van der Waals surface area (Å²) in [5.41, 5.74) is 7.43. The Kier molecular flexibility index (Phi) is 7.38. The second-order valence-electron chi connectivity index (χ2n) is 7.17. The predicted molar refractivity (Wildman–Crippen MR) is 114 cm³/mol. The van der Waals surface area contributed by atoms with E-state index in [9.17, 15) is 18.3 Å². The SMILES string of the molecule is CCC[C@H](NC(O)c1cnn(-c2ccc(Cl)cc2)c1CN)c1cccc(C(F)(F)F)c1. The third kappa shape index (κ3) is 5.46. The molecule has 2 aromatic carbocycles. The maximum Gasteiger partial charge on any atom is 0.416 e. The first-order valence-electron chi connectivity index (χ1n) is 9.88. The Balaban J connectivity index is 1.88. The van der Waals surface area contributed by atoms with Crippen molar-refractivity contribution in [2.75, 3.05) is 0 Å². The normalized spacial score (nSPS) is 13.9. The quantitative estimate of drug-likeness (QED) is 0.414. The molecule has 0 radical (unpaired) electrons. The molecule has 0 saturated carbocycles. The lowest BCUT2D eigenvalue weighted by molar-refractivity contribution is -0.137. The second kappa shape index (κ2) is 9.82. The van der Waals surface area contributed by atoms with Crippen molar-refractivity contribution in [3.05, 3.63) is 82.1 Å². The fourth-order valence-electron chi connectivity index (χ4n) is 3.47. The van der Waals surface area contributed by atoms with Crippen LogP contribution in [0.5, 0.6) is 0 Å². The third-order valence-electron chi connectivity index (χ3n) is 5.01. The smallest absolute Gasteiger partial charge is 0.374 e. The van der Waals surface area contributed by atoms with Gasteiger partial charge in [0, 0.05) is 23.2 Å². The molecule has 3 aromatic rings. The number of halogens is 4. The summed E-state index contributed by atoms with van der Waals surface area (Å²) < 4.78 is 41.0. The summed E-state index contributed by atoms with van der Waals surface area (Å²) in [7, 11) is 0. The van der Waals surface area contributed by atoms with Gasteiger partial charge in [-0.05, 0) is 48.4 Å². The molecular weight excluding hydrogens is 429 g/mol. The van der Waals surface area contributed by atoms with Gasteiger partial charge in [-0.15, -0.1) is 0 Å². The predicted octanol–water partition coefficient (Wildman–Crippen LogP) is 5.13. The number of nitrogens with two attached hydrogens (primary N) is 1. The van der Waals surface area contributed by atoms with E-state index < -0.39 is 24.0 Å². The van der Waals surface area contributed by atoms with Crippen LogP contribution >= 0.6 is 11.6 Å². The zero-order chi connectivity index (χ0) is 22.6. The Morgan fingerprint density at radius 1 is 1.19 bits per heavy atom. The molecule has 0 fully saturated rings. The second-order valence-corrected chi connectivity index (χ2v) is 7.61. The van der Waals surface area contributed by atoms with Gasteiger partial charge in [0.25, 0.3) is 0 Å². The largest absolute Gasteiger partial charge is 0.416 e. The molecule has 1 aromatic heterocycles. The first-order chi connectivity index (χ1) is 14.7. The summed E-state index contributed by atoms with van der Waals surface area (Å²) in [6.07, 6.45) is -2.83. The molecule has 0 saturated heterocycles. The highest BCUT2D eigenvalue weighted by Crippen LogP contribution is 2.32. The van der Waals surface area contributed by atoms with Crippen LogP contribution in [0.25, 0.3) is 5.69 Å². The number of rotatable bonds is 8. The van der Waals surface area contributed by atoms with E-state index in [2.05, 4.69) is 10.4 Å². The molecule has 166 valence electrons. The molecule has 31 heavy (non-hydrogen) atoms. The van der Waals surface area contributed by atoms with Crippen LogP contribution in [0, 0.1) is 0 Å². The molecule has 0 aliphatic heterocycles. The summed E-state index contributed by atoms with van der Waals surface area (Å²) in [5.74, 6) is 0. The zero-order valence-corrected chi connectivity index (χ0v) is 17.7. The highest BCUT2D eigenvalue weighted by Gasteiger charge is 2.31. The monoisotopic (exact) mass is 452 g/mol. The number of aliphatic hydroxyl groups excluding tert-OH is 1. The van der Waals surface area contributed by atoms with Crippen molar-refractivity contribution in [3.63, 3.8) is 0 Å². The molecule has 0 amide bonds. The van der Waals surface area contributed by atoms with Gasteiger partial charge in [-0.3, -0.25) is 5.32 Å². The zero-order valence-electron chi connectivity index (χ0n) is 16.9. The van der Waals surface area contributed by atoms with Gasteiger partial charge in [0.15, 0.2) is 0 Å². The summed E-state index contributed by atoms with van der Waals surface area (Å²) in [6.45, 7) is 2.04. The van der Waals surface area contributed by atoms with Crippen LogP contribution in [0.2, 0.25) is 5.02 Å². The molecule has 0 bridgehead atoms. The van der Waals surface area contributed by atoms with Crippen LogP contribution in [0.4, 0.5) is 13.2 Å². The Hall–Kier alpha value is -2.39. The molecule has 0 aliphatic carbocycles. The molecule has 3 rings (SSSR count). The average molecular weight is 453 g/mol. The number of benzene rings is 2. The molecular formula is C22H24ClF3N4O. The summed E-state index contributed by atoms with van der Waals surface area (Å²) >= 11 is 5.94. The van der Waals surface area contributed by atoms with Crippen LogP contribution < -0.4 is 11.1 Å². The van der Waals surface area contributed by atoms with E-state index in [1.54, 1.807) is 35.0 Å². The Labute approximate surface area is 183 Å². The number of hydrogen-bond acceptors (Lipinski definition) is 4. The van der Waals surface area contributed by atoms with Gasteiger partial charge in [0.2, 0.25) is 0 Å². The summed E-state index contributed by atoms with van der Waals surface area (Å²) in [6, 6.07) is 11.7. The Morgan fingerprint density at radius 3 is 2.52 bits per heavy atom. The van der Waals surface area contributed by atoms with Crippen molar-refractivity contribution in [2.24, 2.45) is 5.73 Å². The van der Waals surface area contributed by atoms with E-state index in [1.165, 1.54) is 12.3 Å². The van der Waals surface area contributed by atoms with Crippen molar-refractivity contribution < 1.29 is 18.3 Å². The molecule has 5 nitrogen and oxygen atoms in total. The molecule has 9 heteroatoms. The van der Waals surface area contributed by atoms with E-state index in [0.717, 1.165) is 17.8 Å². The van der Waals surface area contributed by atoms with E-state index in [4.69, 9.17) is 17.3 Å². The Bertz CT molecular complexity index is 1000. The van der Waals surface area contributed by atoms with E-state index in [0.29, 0.717) is 34.7 Å². The van der Waals surface area contributed by atoms with Crippen LogP contribution in [0.15, 0.2) is 54.7 Å². The molecule has 0 aliphatic rings. The van der Waals surface area contributed by atoms with Gasteiger partial charge < -0.3 is 10.8 Å². The fourth-order valence-corrected chi connectivity index (χ4v) is 3.60. The third-order valence-corrected chi connectivity index (χ3v) is 5.27. The highest BCUT2D eigenvalue weighted by molar-refractivity contribution is 6.30. The topological polar surface area (TPSA) is 76.1 Å². The molecule has 2 atom stereocenters. The van der Waals surface area contributed by atoms with Gasteiger partial charge in [-0.25, -0.2) is 4.68 Å². The lowest BCUT2D eigenvalue weighted by atomic mass is 9.99. The molecule has 0 spiro atoms. The standard InChI is InChI=1S/C22H24ClF3N4O/c1-2-4-19(14-5-3-6-15(11-14)22(24,25)26)29-21(31)18-13-28-30(20(18)12-27)17-9-7-16(23)8-10-17/h3,5-11,13,19,21,29,31H,2,4,12,27H2,1H3/t19-,21?/m0/s1. The molecule has 4 N–H and O–H groups in total. The number of nitrogens with one attached hydrogen (secondary N) is 1. The molecule has 1 unspecified atom stereocenters. The number of nitrogens with zero attached hydrogens (tertiary/aromatic N) is 2. The van der Waals surface area contributed by atoms with Gasteiger partial charge in [0.1, 0.15) is 6.23 Å². The van der Waals surface area contributed by atoms with Gasteiger partial charge in [-0.1, -0.05) is 37.1 Å². The summed E-state index contributed by atoms with van der Waals surface area (Å²) in [5, 5.41) is 18.8. The maximum atomic E-state index is 13.1. The minimum atomic E-state index is -4.43. The minimum Gasteiger partial charge on any atom is -0.374 e. The highest BCUT2D eigenvalue weighted by atomic mass is 35.5. The number of hydrogen-bond donors (Lipinski definition) is 3. The fraction of sp³-hybridized carbons (Fsp3) is 0.318. The van der Waals surface area contributed by atoms with Crippen molar-refractivity contribution >= 4 is 11.6 Å². The summed E-state index contributed by atoms with van der Waals surface area (Å²) in [4.78, 5) is 0. The van der Waals surface area contributed by atoms with Crippen molar-refractivity contribution in [2.45, 2.75) is 44.8 Å². The first kappa shape index (κ1) is 23.3. The number of alkyl halides is 3. The average Bonchev–Trinajstić information content (AvgIpc) is 3.17. The van der Waals surface area contributed by atoms with E-state index in [-0.39, 0.29) is 6.54 Å². The minimum absolute atomic E-state index is 0.110. The van der Waals surface area contributed by atoms with Crippen LogP contribution in [-0.2, 0) is 12.7 Å². The van der Waals surface area contributed by atoms with Gasteiger partial charge >= 0.3 is 6.18 Å². The van der Waals surface area contributed by atoms with Crippen LogP contribution in [0.1, 0.15) is 54.4 Å². The lowest BCUT2D eigenvalue weighted by Crippen LogP contribution is -2.27. The van der Waals surface area contributed by atoms with E-state index in [1.807, 2.05) is 6.92 Å². The van der Waals surface area contributed by atoms with Gasteiger partial charge in [-0.2, -0.15) is 18.3 Å². The maximum absolute atomic E-state index is 13.1. The van der Waals surface area contributed by atoms with Gasteiger partial charge in [0.05, 0.1) is 23.1 Å². The van der Waals surface area contributed by atoms with Crippen LogP contribution in [-0.4, -0.2) is 14.9 Å². The number of aromatic nitrogens is 2. The molecule has 1 heterocycles. The van der Waals surface area contributed by atoms with Crippen LogP contribution in [0.3, 0.4) is 0 Å². The lowest BCUT2D eigenvalue weighted by Gasteiger charge is -2.24. The first-order valence-corrected chi connectivity index (χ1v) is 10.3. The van der Waals surface area contributed by atoms with Crippen molar-refractivity contribution in [1.29, 1.82) is 0 Å².